The van der Waals surface area contributed by atoms with E-state index in [1.807, 2.05) is 4.90 Å². The van der Waals surface area contributed by atoms with Crippen LogP contribution in [0.3, 0.4) is 0 Å². The molecule has 0 spiro atoms. The Labute approximate surface area is 119 Å². The van der Waals surface area contributed by atoms with Crippen molar-refractivity contribution in [1.29, 1.82) is 0 Å². The van der Waals surface area contributed by atoms with Crippen molar-refractivity contribution in [2.75, 3.05) is 26.2 Å². The molecule has 1 heterocycles. The zero-order chi connectivity index (χ0) is 15.4. The topological polar surface area (TPSA) is 105 Å². The molecule has 116 valence electrons. The van der Waals surface area contributed by atoms with E-state index in [0.29, 0.717) is 25.9 Å². The van der Waals surface area contributed by atoms with E-state index in [1.165, 1.54) is 0 Å². The first-order chi connectivity index (χ1) is 9.16. The first-order valence-electron chi connectivity index (χ1n) is 6.78. The van der Waals surface area contributed by atoms with Crippen molar-refractivity contribution in [3.05, 3.63) is 0 Å². The number of carbonyl (C=O) groups excluding carboxylic acids is 2. The molecule has 1 fully saturated rings. The number of rotatable bonds is 4. The highest BCUT2D eigenvalue weighted by Gasteiger charge is 2.36. The molecule has 0 bridgehead atoms. The van der Waals surface area contributed by atoms with Crippen molar-refractivity contribution in [2.24, 2.45) is 5.73 Å². The number of aliphatic hydroxyl groups is 1. The van der Waals surface area contributed by atoms with Crippen LogP contribution in [-0.4, -0.2) is 59.4 Å². The SMILES string of the molecule is CC(C)(C)OC(=O)NC1(CO)CCN(CC(N)=O)CC1. The van der Waals surface area contributed by atoms with Crippen molar-refractivity contribution < 1.29 is 19.4 Å². The van der Waals surface area contributed by atoms with Crippen LogP contribution in [-0.2, 0) is 9.53 Å². The summed E-state index contributed by atoms with van der Waals surface area (Å²) in [6.45, 7) is 6.60. The fourth-order valence-corrected chi connectivity index (χ4v) is 2.20. The molecule has 20 heavy (non-hydrogen) atoms. The predicted octanol–water partition coefficient (Wildman–Crippen LogP) is -0.177. The first-order valence-corrected chi connectivity index (χ1v) is 6.78. The van der Waals surface area contributed by atoms with Crippen LogP contribution in [0, 0.1) is 0 Å². The van der Waals surface area contributed by atoms with E-state index in [4.69, 9.17) is 10.5 Å². The Morgan fingerprint density at radius 3 is 2.30 bits per heavy atom. The third-order valence-corrected chi connectivity index (χ3v) is 3.26. The van der Waals surface area contributed by atoms with Crippen molar-refractivity contribution >= 4 is 12.0 Å². The molecule has 1 aliphatic heterocycles. The molecule has 0 saturated carbocycles. The number of hydrogen-bond acceptors (Lipinski definition) is 5. The van der Waals surface area contributed by atoms with Gasteiger partial charge in [-0.1, -0.05) is 0 Å². The third kappa shape index (κ3) is 5.34. The van der Waals surface area contributed by atoms with Gasteiger partial charge < -0.3 is 20.9 Å². The number of carbonyl (C=O) groups is 2. The molecule has 0 unspecified atom stereocenters. The monoisotopic (exact) mass is 287 g/mol. The predicted molar refractivity (Wildman–Crippen MR) is 74.1 cm³/mol. The summed E-state index contributed by atoms with van der Waals surface area (Å²) in [6, 6.07) is 0. The number of hydrogen-bond donors (Lipinski definition) is 3. The van der Waals surface area contributed by atoms with Crippen LogP contribution >= 0.6 is 0 Å². The number of primary amides is 1. The van der Waals surface area contributed by atoms with Gasteiger partial charge in [0.1, 0.15) is 5.60 Å². The average molecular weight is 287 g/mol. The van der Waals surface area contributed by atoms with E-state index >= 15 is 0 Å². The second-order valence-electron chi connectivity index (χ2n) is 6.31. The van der Waals surface area contributed by atoms with Crippen LogP contribution < -0.4 is 11.1 Å². The minimum absolute atomic E-state index is 0.156. The Hall–Kier alpha value is -1.34. The zero-order valence-corrected chi connectivity index (χ0v) is 12.4. The number of amides is 2. The summed E-state index contributed by atoms with van der Waals surface area (Å²) in [6.07, 6.45) is 0.571. The van der Waals surface area contributed by atoms with Crippen LogP contribution in [0.5, 0.6) is 0 Å². The number of aliphatic hydroxyl groups excluding tert-OH is 1. The smallest absolute Gasteiger partial charge is 0.408 e. The summed E-state index contributed by atoms with van der Waals surface area (Å²) in [7, 11) is 0. The second-order valence-corrected chi connectivity index (χ2v) is 6.31. The number of nitrogens with one attached hydrogen (secondary N) is 1. The summed E-state index contributed by atoms with van der Waals surface area (Å²) < 4.78 is 5.21. The third-order valence-electron chi connectivity index (χ3n) is 3.26. The minimum atomic E-state index is -0.684. The van der Waals surface area contributed by atoms with Crippen LogP contribution in [0.1, 0.15) is 33.6 Å². The fraction of sp³-hybridized carbons (Fsp3) is 0.846. The lowest BCUT2D eigenvalue weighted by Gasteiger charge is -2.40. The fourth-order valence-electron chi connectivity index (χ4n) is 2.20. The molecule has 7 heteroatoms. The van der Waals surface area contributed by atoms with Crippen molar-refractivity contribution in [1.82, 2.24) is 10.2 Å². The van der Waals surface area contributed by atoms with Gasteiger partial charge in [0.05, 0.1) is 18.7 Å². The number of ether oxygens (including phenoxy) is 1. The molecule has 4 N–H and O–H groups in total. The lowest BCUT2D eigenvalue weighted by Crippen LogP contribution is -2.58. The molecule has 0 atom stereocenters. The van der Waals surface area contributed by atoms with E-state index < -0.39 is 17.2 Å². The van der Waals surface area contributed by atoms with Gasteiger partial charge in [0.2, 0.25) is 5.91 Å². The maximum Gasteiger partial charge on any atom is 0.408 e. The zero-order valence-electron chi connectivity index (χ0n) is 12.4. The average Bonchev–Trinajstić information content (AvgIpc) is 2.29. The minimum Gasteiger partial charge on any atom is -0.444 e. The van der Waals surface area contributed by atoms with Gasteiger partial charge in [0.25, 0.3) is 0 Å². The molecule has 0 radical (unpaired) electrons. The van der Waals surface area contributed by atoms with E-state index in [-0.39, 0.29) is 19.1 Å². The highest BCUT2D eigenvalue weighted by atomic mass is 16.6. The van der Waals surface area contributed by atoms with E-state index in [0.717, 1.165) is 0 Å². The molecule has 7 nitrogen and oxygen atoms in total. The lowest BCUT2D eigenvalue weighted by molar-refractivity contribution is -0.119. The highest BCUT2D eigenvalue weighted by Crippen LogP contribution is 2.22. The maximum absolute atomic E-state index is 11.8. The van der Waals surface area contributed by atoms with E-state index in [1.54, 1.807) is 20.8 Å². The maximum atomic E-state index is 11.8. The number of alkyl carbamates (subject to hydrolysis) is 1. The Kier molecular flexibility index (Phi) is 5.35. The van der Waals surface area contributed by atoms with Gasteiger partial charge in [0.15, 0.2) is 0 Å². The van der Waals surface area contributed by atoms with Crippen molar-refractivity contribution in [3.63, 3.8) is 0 Å². The van der Waals surface area contributed by atoms with Crippen LogP contribution in [0.2, 0.25) is 0 Å². The highest BCUT2D eigenvalue weighted by molar-refractivity contribution is 5.76. The van der Waals surface area contributed by atoms with Crippen LogP contribution in [0.15, 0.2) is 0 Å². The van der Waals surface area contributed by atoms with Crippen LogP contribution in [0.4, 0.5) is 4.79 Å². The van der Waals surface area contributed by atoms with E-state index in [9.17, 15) is 14.7 Å². The first kappa shape index (κ1) is 16.7. The summed E-state index contributed by atoms with van der Waals surface area (Å²) in [5.41, 5.74) is 3.89. The number of nitrogens with zero attached hydrogens (tertiary/aromatic N) is 1. The standard InChI is InChI=1S/C13H25N3O4/c1-12(2,3)20-11(19)15-13(9-17)4-6-16(7-5-13)8-10(14)18/h17H,4-9H2,1-3H3,(H2,14,18)(H,15,19). The molecule has 0 aromatic heterocycles. The summed E-state index contributed by atoms with van der Waals surface area (Å²) >= 11 is 0. The van der Waals surface area contributed by atoms with E-state index in [2.05, 4.69) is 5.32 Å². The van der Waals surface area contributed by atoms with Gasteiger partial charge >= 0.3 is 6.09 Å². The van der Waals surface area contributed by atoms with Gasteiger partial charge in [-0.25, -0.2) is 4.79 Å². The Bertz CT molecular complexity index is 357. The van der Waals surface area contributed by atoms with Gasteiger partial charge in [0, 0.05) is 13.1 Å². The summed E-state index contributed by atoms with van der Waals surface area (Å²) in [5, 5.41) is 12.3. The molecule has 1 aliphatic rings. The molecule has 0 aliphatic carbocycles. The normalized spacial score (nSPS) is 19.4. The van der Waals surface area contributed by atoms with Gasteiger partial charge in [-0.3, -0.25) is 9.69 Å². The summed E-state index contributed by atoms with van der Waals surface area (Å²) in [4.78, 5) is 24.6. The number of piperidine rings is 1. The lowest BCUT2D eigenvalue weighted by atomic mass is 9.88. The van der Waals surface area contributed by atoms with Crippen molar-refractivity contribution in [2.45, 2.75) is 44.8 Å². The van der Waals surface area contributed by atoms with Crippen LogP contribution in [0.25, 0.3) is 0 Å². The largest absolute Gasteiger partial charge is 0.444 e. The molecule has 0 aromatic rings. The van der Waals surface area contributed by atoms with Crippen molar-refractivity contribution in [3.8, 4) is 0 Å². The molecule has 1 saturated heterocycles. The number of nitrogens with two attached hydrogens (primary N) is 1. The molecule has 0 aromatic carbocycles. The number of likely N-dealkylation sites (tertiary alicyclic amines) is 1. The molecule has 1 rings (SSSR count). The second kappa shape index (κ2) is 6.41. The Morgan fingerprint density at radius 2 is 1.90 bits per heavy atom. The van der Waals surface area contributed by atoms with Gasteiger partial charge in [-0.15, -0.1) is 0 Å². The molecule has 2 amide bonds. The van der Waals surface area contributed by atoms with Gasteiger partial charge in [-0.2, -0.15) is 0 Å². The quantitative estimate of drug-likeness (QED) is 0.665. The molecular weight excluding hydrogens is 262 g/mol. The Balaban J connectivity index is 2.54. The van der Waals surface area contributed by atoms with Gasteiger partial charge in [-0.05, 0) is 33.6 Å². The molecular formula is C13H25N3O4. The Morgan fingerprint density at radius 1 is 1.35 bits per heavy atom. The summed E-state index contributed by atoms with van der Waals surface area (Å²) in [5.74, 6) is -0.374.